The van der Waals surface area contributed by atoms with E-state index in [0.717, 1.165) is 31.9 Å². The summed E-state index contributed by atoms with van der Waals surface area (Å²) in [6, 6.07) is 8.10. The van der Waals surface area contributed by atoms with Crippen LogP contribution in [0.5, 0.6) is 0 Å². The summed E-state index contributed by atoms with van der Waals surface area (Å²) in [5.74, 6) is 0.379. The quantitative estimate of drug-likeness (QED) is 0.758. The van der Waals surface area contributed by atoms with Crippen molar-refractivity contribution in [2.75, 3.05) is 50.5 Å². The van der Waals surface area contributed by atoms with Crippen molar-refractivity contribution in [3.63, 3.8) is 0 Å². The Morgan fingerprint density at radius 2 is 1.78 bits per heavy atom. The number of benzene rings is 1. The lowest BCUT2D eigenvalue weighted by molar-refractivity contribution is 0.111. The van der Waals surface area contributed by atoms with Crippen LogP contribution in [0, 0.1) is 0 Å². The van der Waals surface area contributed by atoms with Gasteiger partial charge in [-0.3, -0.25) is 4.79 Å². The molecule has 0 atom stereocenters. The molecule has 7 nitrogen and oxygen atoms in total. The van der Waals surface area contributed by atoms with E-state index in [-0.39, 0.29) is 5.69 Å². The van der Waals surface area contributed by atoms with Gasteiger partial charge in [0.15, 0.2) is 17.3 Å². The average molecular weight is 391 g/mol. The van der Waals surface area contributed by atoms with Crippen LogP contribution in [-0.2, 0) is 6.42 Å². The molecular formula is C19H27ClN6O. The summed E-state index contributed by atoms with van der Waals surface area (Å²) in [6.07, 6.45) is 1.33. The molecule has 2 aromatic rings. The zero-order valence-electron chi connectivity index (χ0n) is 16.1. The van der Waals surface area contributed by atoms with E-state index in [1.807, 2.05) is 19.1 Å². The summed E-state index contributed by atoms with van der Waals surface area (Å²) in [5.41, 5.74) is 7.43. The number of nitrogens with one attached hydrogen (secondary N) is 1. The van der Waals surface area contributed by atoms with Crippen molar-refractivity contribution in [1.82, 2.24) is 14.9 Å². The molecule has 1 saturated heterocycles. The first-order valence-electron chi connectivity index (χ1n) is 9.00. The topological polar surface area (TPSA) is 87.4 Å². The van der Waals surface area contributed by atoms with Crippen LogP contribution in [0.1, 0.15) is 23.1 Å². The van der Waals surface area contributed by atoms with Crippen molar-refractivity contribution in [1.29, 1.82) is 0 Å². The molecule has 1 aromatic heterocycles. The Labute approximate surface area is 165 Å². The molecule has 3 N–H and O–H groups in total. The Morgan fingerprint density at radius 1 is 1.15 bits per heavy atom. The summed E-state index contributed by atoms with van der Waals surface area (Å²) in [7, 11) is 3.64. The van der Waals surface area contributed by atoms with E-state index in [1.54, 1.807) is 0 Å². The Kier molecular flexibility index (Phi) is 7.97. The minimum atomic E-state index is 0.268. The van der Waals surface area contributed by atoms with E-state index >= 15 is 0 Å². The molecule has 1 aromatic carbocycles. The van der Waals surface area contributed by atoms with Crippen LogP contribution in [0.2, 0.25) is 5.15 Å². The highest BCUT2D eigenvalue weighted by atomic mass is 35.5. The van der Waals surface area contributed by atoms with Crippen molar-refractivity contribution < 1.29 is 4.79 Å². The maximum atomic E-state index is 11.3. The minimum Gasteiger partial charge on any atom is -0.369 e. The zero-order valence-corrected chi connectivity index (χ0v) is 16.8. The third kappa shape index (κ3) is 5.38. The van der Waals surface area contributed by atoms with Crippen molar-refractivity contribution in [2.45, 2.75) is 13.3 Å². The molecule has 3 rings (SSSR count). The van der Waals surface area contributed by atoms with Crippen molar-refractivity contribution >= 4 is 35.1 Å². The Balaban J connectivity index is 0.00000126. The van der Waals surface area contributed by atoms with E-state index in [4.69, 9.17) is 11.6 Å². The largest absolute Gasteiger partial charge is 0.369 e. The van der Waals surface area contributed by atoms with Gasteiger partial charge in [-0.2, -0.15) is 0 Å². The molecule has 0 spiro atoms. The maximum absolute atomic E-state index is 11.3. The molecule has 0 bridgehead atoms. The normalized spacial score (nSPS) is 14.3. The molecule has 1 aliphatic heterocycles. The number of nitrogens with zero attached hydrogens (tertiary/aromatic N) is 4. The lowest BCUT2D eigenvalue weighted by atomic mass is 10.2. The number of aryl methyl sites for hydroxylation is 1. The Bertz CT molecular complexity index is 745. The van der Waals surface area contributed by atoms with Gasteiger partial charge in [0, 0.05) is 37.6 Å². The van der Waals surface area contributed by atoms with Crippen LogP contribution >= 0.6 is 11.6 Å². The van der Waals surface area contributed by atoms with Crippen molar-refractivity contribution in [3.8, 4) is 0 Å². The fourth-order valence-electron chi connectivity index (χ4n) is 2.82. The second-order valence-electron chi connectivity index (χ2n) is 6.13. The third-order valence-electron chi connectivity index (χ3n) is 4.39. The van der Waals surface area contributed by atoms with Gasteiger partial charge in [-0.25, -0.2) is 9.97 Å². The molecule has 0 radical (unpaired) electrons. The smallest absolute Gasteiger partial charge is 0.172 e. The first-order valence-corrected chi connectivity index (χ1v) is 9.38. The lowest BCUT2D eigenvalue weighted by Crippen LogP contribution is -2.44. The van der Waals surface area contributed by atoms with Crippen molar-refractivity contribution in [3.05, 3.63) is 40.8 Å². The van der Waals surface area contributed by atoms with Gasteiger partial charge >= 0.3 is 0 Å². The number of aromatic nitrogens is 2. The van der Waals surface area contributed by atoms with E-state index in [0.29, 0.717) is 29.4 Å². The number of hydrogen-bond donors (Lipinski definition) is 2. The molecule has 146 valence electrons. The standard InChI is InChI=1S/C18H22ClN5O.CH5N/c1-3-15-17(19)22-18(16(12-25)21-15)20-13-4-6-14(7-5-13)24-10-8-23(2)9-11-24;1-2/h4-7,12H,3,8-11H2,1-2H3,(H,20,22);2H2,1H3. The molecule has 0 unspecified atom stereocenters. The van der Waals surface area contributed by atoms with Crippen molar-refractivity contribution in [2.24, 2.45) is 5.73 Å². The zero-order chi connectivity index (χ0) is 19.8. The van der Waals surface area contributed by atoms with E-state index < -0.39 is 0 Å². The van der Waals surface area contributed by atoms with Gasteiger partial charge in [-0.15, -0.1) is 0 Å². The fraction of sp³-hybridized carbons (Fsp3) is 0.421. The van der Waals surface area contributed by atoms with Crippen LogP contribution in [0.4, 0.5) is 17.2 Å². The van der Waals surface area contributed by atoms with E-state index in [9.17, 15) is 4.79 Å². The fourth-order valence-corrected chi connectivity index (χ4v) is 3.08. The summed E-state index contributed by atoms with van der Waals surface area (Å²) in [6.45, 7) is 6.12. The Morgan fingerprint density at radius 3 is 2.33 bits per heavy atom. The molecule has 8 heteroatoms. The monoisotopic (exact) mass is 390 g/mol. The van der Waals surface area contributed by atoms with E-state index in [1.165, 1.54) is 12.7 Å². The first-order chi connectivity index (χ1) is 13.1. The number of halogens is 1. The first kappa shape index (κ1) is 21.1. The predicted octanol–water partition coefficient (Wildman–Crippen LogP) is 2.58. The molecule has 0 aliphatic carbocycles. The number of piperazine rings is 1. The second kappa shape index (κ2) is 10.2. The summed E-state index contributed by atoms with van der Waals surface area (Å²) in [5, 5.41) is 3.46. The van der Waals surface area contributed by atoms with Crippen LogP contribution < -0.4 is 16.0 Å². The number of rotatable bonds is 5. The van der Waals surface area contributed by atoms with Crippen LogP contribution in [0.3, 0.4) is 0 Å². The van der Waals surface area contributed by atoms with Gasteiger partial charge in [0.05, 0.1) is 5.69 Å². The predicted molar refractivity (Wildman–Crippen MR) is 111 cm³/mol. The van der Waals surface area contributed by atoms with Gasteiger partial charge in [0.1, 0.15) is 5.69 Å². The number of hydrogen-bond acceptors (Lipinski definition) is 7. The number of aldehydes is 1. The van der Waals surface area contributed by atoms with Crippen LogP contribution in [-0.4, -0.2) is 61.4 Å². The molecule has 1 aliphatic rings. The lowest BCUT2D eigenvalue weighted by Gasteiger charge is -2.34. The highest BCUT2D eigenvalue weighted by Gasteiger charge is 2.15. The van der Waals surface area contributed by atoms with Gasteiger partial charge < -0.3 is 20.9 Å². The highest BCUT2D eigenvalue weighted by Crippen LogP contribution is 2.24. The van der Waals surface area contributed by atoms with Gasteiger partial charge in [0.25, 0.3) is 0 Å². The summed E-state index contributed by atoms with van der Waals surface area (Å²) >= 11 is 6.12. The van der Waals surface area contributed by atoms with Gasteiger partial charge in [-0.1, -0.05) is 18.5 Å². The maximum Gasteiger partial charge on any atom is 0.172 e. The number of nitrogens with two attached hydrogens (primary N) is 1. The summed E-state index contributed by atoms with van der Waals surface area (Å²) in [4.78, 5) is 24.5. The van der Waals surface area contributed by atoms with Gasteiger partial charge in [0.2, 0.25) is 0 Å². The minimum absolute atomic E-state index is 0.268. The highest BCUT2D eigenvalue weighted by molar-refractivity contribution is 6.30. The SMILES string of the molecule is CCc1nc(C=O)c(Nc2ccc(N3CCN(C)CC3)cc2)nc1Cl.CN. The van der Waals surface area contributed by atoms with Crippen LogP contribution in [0.25, 0.3) is 0 Å². The Hall–Kier alpha value is -2.22. The second-order valence-corrected chi connectivity index (χ2v) is 6.49. The van der Waals surface area contributed by atoms with E-state index in [2.05, 4.69) is 50.0 Å². The molecule has 0 saturated carbocycles. The molecular weight excluding hydrogens is 364 g/mol. The molecule has 0 amide bonds. The molecule has 1 fully saturated rings. The average Bonchev–Trinajstić information content (AvgIpc) is 2.71. The summed E-state index contributed by atoms with van der Waals surface area (Å²) < 4.78 is 0. The number of carbonyl (C=O) groups excluding carboxylic acids is 1. The molecule has 27 heavy (non-hydrogen) atoms. The number of carbonyl (C=O) groups is 1. The third-order valence-corrected chi connectivity index (χ3v) is 4.69. The van der Waals surface area contributed by atoms with Crippen LogP contribution in [0.15, 0.2) is 24.3 Å². The molecule has 2 heterocycles. The number of anilines is 3. The van der Waals surface area contributed by atoms with Gasteiger partial charge in [-0.05, 0) is 44.8 Å². The number of likely N-dealkylation sites (N-methyl/N-ethyl adjacent to an activating group) is 1.